The summed E-state index contributed by atoms with van der Waals surface area (Å²) in [6.45, 7) is 2.42. The summed E-state index contributed by atoms with van der Waals surface area (Å²) >= 11 is 1.76. The highest BCUT2D eigenvalue weighted by Gasteiger charge is 2.25. The van der Waals surface area contributed by atoms with Crippen molar-refractivity contribution in [2.24, 2.45) is 0 Å². The van der Waals surface area contributed by atoms with Gasteiger partial charge in [-0.05, 0) is 47.2 Å². The van der Waals surface area contributed by atoms with Crippen LogP contribution in [-0.2, 0) is 9.53 Å². The second kappa shape index (κ2) is 8.44. The monoisotopic (exact) mass is 409 g/mol. The van der Waals surface area contributed by atoms with Gasteiger partial charge in [-0.25, -0.2) is 9.48 Å². The minimum Gasteiger partial charge on any atom is -0.452 e. The normalized spacial score (nSPS) is 16.0. The lowest BCUT2D eigenvalue weighted by molar-refractivity contribution is -0.121. The Morgan fingerprint density at radius 3 is 2.90 bits per heavy atom. The maximum atomic E-state index is 12.8. The molecule has 0 N–H and O–H groups in total. The lowest BCUT2D eigenvalue weighted by Gasteiger charge is -2.22. The van der Waals surface area contributed by atoms with Crippen LogP contribution >= 0.6 is 11.8 Å². The average molecular weight is 409 g/mol. The summed E-state index contributed by atoms with van der Waals surface area (Å²) in [4.78, 5) is 28.0. The summed E-state index contributed by atoms with van der Waals surface area (Å²) in [5.74, 6) is -0.809. The number of esters is 1. The van der Waals surface area contributed by atoms with E-state index in [1.807, 2.05) is 24.3 Å². The molecular formula is C20H19N5O3S. The van der Waals surface area contributed by atoms with Gasteiger partial charge in [0.1, 0.15) is 6.33 Å². The number of para-hydroxylation sites is 1. The molecule has 1 amide bonds. The summed E-state index contributed by atoms with van der Waals surface area (Å²) in [5, 5.41) is 11.4. The molecule has 1 aromatic heterocycles. The highest BCUT2D eigenvalue weighted by molar-refractivity contribution is 8.00. The molecule has 0 unspecified atom stereocenters. The SMILES string of the molecule is C[C@H]1CCN(C(=O)COC(=O)c2cccc(-n3cnnn3)c2)c2ccccc2S1. The van der Waals surface area contributed by atoms with Crippen LogP contribution in [0.2, 0.25) is 0 Å². The van der Waals surface area contributed by atoms with Gasteiger partial charge in [-0.2, -0.15) is 0 Å². The van der Waals surface area contributed by atoms with Crippen LogP contribution in [0.3, 0.4) is 0 Å². The molecule has 3 aromatic rings. The fourth-order valence-corrected chi connectivity index (χ4v) is 4.20. The molecule has 0 bridgehead atoms. The molecule has 1 aliphatic rings. The Morgan fingerprint density at radius 1 is 1.21 bits per heavy atom. The number of nitrogens with zero attached hydrogens (tertiary/aromatic N) is 5. The van der Waals surface area contributed by atoms with E-state index in [1.165, 1.54) is 11.0 Å². The predicted molar refractivity (Wildman–Crippen MR) is 108 cm³/mol. The third kappa shape index (κ3) is 4.29. The summed E-state index contributed by atoms with van der Waals surface area (Å²) < 4.78 is 6.74. The van der Waals surface area contributed by atoms with Gasteiger partial charge in [0.25, 0.3) is 5.91 Å². The predicted octanol–water partition coefficient (Wildman–Crippen LogP) is 2.74. The van der Waals surface area contributed by atoms with E-state index in [0.717, 1.165) is 17.0 Å². The number of hydrogen-bond donors (Lipinski definition) is 0. The maximum Gasteiger partial charge on any atom is 0.338 e. The number of carbonyl (C=O) groups excluding carboxylic acids is 2. The Hall–Kier alpha value is -3.20. The van der Waals surface area contributed by atoms with E-state index in [0.29, 0.717) is 23.0 Å². The van der Waals surface area contributed by atoms with Gasteiger partial charge in [-0.3, -0.25) is 4.79 Å². The molecule has 2 heterocycles. The molecule has 2 aromatic carbocycles. The van der Waals surface area contributed by atoms with Crippen LogP contribution in [0.15, 0.2) is 59.8 Å². The standard InChI is InChI=1S/C20H19N5O3S/c1-14-9-10-24(17-7-2-3-8-18(17)29-14)19(26)12-28-20(27)15-5-4-6-16(11-15)25-13-21-22-23-25/h2-8,11,13-14H,9-10,12H2,1H3/t14-/m0/s1. The molecule has 148 valence electrons. The minimum atomic E-state index is -0.570. The van der Waals surface area contributed by atoms with Crippen LogP contribution in [0.5, 0.6) is 0 Å². The van der Waals surface area contributed by atoms with Crippen LogP contribution in [0.25, 0.3) is 5.69 Å². The molecule has 0 fully saturated rings. The Kier molecular flexibility index (Phi) is 5.57. The molecule has 1 aliphatic heterocycles. The van der Waals surface area contributed by atoms with E-state index in [9.17, 15) is 9.59 Å². The quantitative estimate of drug-likeness (QED) is 0.612. The highest BCUT2D eigenvalue weighted by Crippen LogP contribution is 2.37. The number of carbonyl (C=O) groups is 2. The van der Waals surface area contributed by atoms with E-state index in [4.69, 9.17) is 4.74 Å². The molecule has 29 heavy (non-hydrogen) atoms. The fraction of sp³-hybridized carbons (Fsp3) is 0.250. The fourth-order valence-electron chi connectivity index (χ4n) is 3.09. The van der Waals surface area contributed by atoms with Crippen molar-refractivity contribution in [1.29, 1.82) is 0 Å². The molecule has 1 atom stereocenters. The van der Waals surface area contributed by atoms with Crippen molar-refractivity contribution in [1.82, 2.24) is 20.2 Å². The number of tetrazole rings is 1. The van der Waals surface area contributed by atoms with Gasteiger partial charge in [0, 0.05) is 16.7 Å². The van der Waals surface area contributed by atoms with Gasteiger partial charge >= 0.3 is 5.97 Å². The number of thioether (sulfide) groups is 1. The molecule has 0 saturated carbocycles. The third-order valence-electron chi connectivity index (χ3n) is 4.57. The zero-order valence-corrected chi connectivity index (χ0v) is 16.6. The molecule has 8 nitrogen and oxygen atoms in total. The summed E-state index contributed by atoms with van der Waals surface area (Å²) in [6.07, 6.45) is 2.30. The van der Waals surface area contributed by atoms with Crippen LogP contribution in [0.1, 0.15) is 23.7 Å². The number of amides is 1. The summed E-state index contributed by atoms with van der Waals surface area (Å²) in [5.41, 5.74) is 1.82. The Labute approximate surface area is 171 Å². The Bertz CT molecular complexity index is 1020. The Morgan fingerprint density at radius 2 is 2.07 bits per heavy atom. The first-order valence-corrected chi connectivity index (χ1v) is 10.1. The van der Waals surface area contributed by atoms with Gasteiger partial charge in [-0.15, -0.1) is 16.9 Å². The van der Waals surface area contributed by atoms with Crippen molar-refractivity contribution < 1.29 is 14.3 Å². The number of benzene rings is 2. The van der Waals surface area contributed by atoms with Gasteiger partial charge < -0.3 is 9.64 Å². The molecule has 0 spiro atoms. The van der Waals surface area contributed by atoms with E-state index in [1.54, 1.807) is 40.9 Å². The van der Waals surface area contributed by atoms with Crippen LogP contribution < -0.4 is 4.90 Å². The Balaban J connectivity index is 1.45. The maximum absolute atomic E-state index is 12.8. The van der Waals surface area contributed by atoms with Crippen LogP contribution in [-0.4, -0.2) is 50.5 Å². The van der Waals surface area contributed by atoms with Gasteiger partial charge in [0.2, 0.25) is 0 Å². The number of aromatic nitrogens is 4. The van der Waals surface area contributed by atoms with Crippen molar-refractivity contribution in [3.05, 3.63) is 60.4 Å². The molecule has 0 radical (unpaired) electrons. The van der Waals surface area contributed by atoms with E-state index in [-0.39, 0.29) is 12.5 Å². The van der Waals surface area contributed by atoms with Crippen molar-refractivity contribution >= 4 is 29.3 Å². The van der Waals surface area contributed by atoms with Crippen LogP contribution in [0, 0.1) is 0 Å². The van der Waals surface area contributed by atoms with Gasteiger partial charge in [0.05, 0.1) is 16.9 Å². The zero-order valence-electron chi connectivity index (χ0n) is 15.8. The lowest BCUT2D eigenvalue weighted by atomic mass is 10.2. The van der Waals surface area contributed by atoms with Crippen molar-refractivity contribution in [3.8, 4) is 5.69 Å². The first kappa shape index (κ1) is 19.1. The number of anilines is 1. The number of fused-ring (bicyclic) bond motifs is 1. The second-order valence-electron chi connectivity index (χ2n) is 6.61. The minimum absolute atomic E-state index is 0.239. The molecular weight excluding hydrogens is 390 g/mol. The molecule has 9 heteroatoms. The van der Waals surface area contributed by atoms with Crippen molar-refractivity contribution in [2.45, 2.75) is 23.5 Å². The number of rotatable bonds is 4. The lowest BCUT2D eigenvalue weighted by Crippen LogP contribution is -2.35. The zero-order chi connectivity index (χ0) is 20.2. The summed E-state index contributed by atoms with van der Waals surface area (Å²) in [6, 6.07) is 14.5. The highest BCUT2D eigenvalue weighted by atomic mass is 32.2. The van der Waals surface area contributed by atoms with Gasteiger partial charge in [0.15, 0.2) is 6.61 Å². The molecule has 4 rings (SSSR count). The first-order chi connectivity index (χ1) is 14.1. The average Bonchev–Trinajstić information content (AvgIpc) is 3.22. The van der Waals surface area contributed by atoms with Gasteiger partial charge in [-0.1, -0.05) is 25.1 Å². The smallest absolute Gasteiger partial charge is 0.338 e. The largest absolute Gasteiger partial charge is 0.452 e. The number of hydrogen-bond acceptors (Lipinski definition) is 7. The molecule has 0 aliphatic carbocycles. The first-order valence-electron chi connectivity index (χ1n) is 9.18. The third-order valence-corrected chi connectivity index (χ3v) is 5.80. The van der Waals surface area contributed by atoms with E-state index < -0.39 is 5.97 Å². The van der Waals surface area contributed by atoms with E-state index >= 15 is 0 Å². The van der Waals surface area contributed by atoms with Crippen LogP contribution in [0.4, 0.5) is 5.69 Å². The second-order valence-corrected chi connectivity index (χ2v) is 8.09. The topological polar surface area (TPSA) is 90.2 Å². The molecule has 0 saturated heterocycles. The number of ether oxygens (including phenoxy) is 1. The van der Waals surface area contributed by atoms with E-state index in [2.05, 4.69) is 22.4 Å². The van der Waals surface area contributed by atoms with Crippen molar-refractivity contribution in [3.63, 3.8) is 0 Å². The summed E-state index contributed by atoms with van der Waals surface area (Å²) in [7, 11) is 0. The van der Waals surface area contributed by atoms with Crippen molar-refractivity contribution in [2.75, 3.05) is 18.1 Å².